The SMILES string of the molecule is CCCN(C)CC(=O)N1CCC(CO)CC1. The van der Waals surface area contributed by atoms with Crippen LogP contribution in [0.2, 0.25) is 0 Å². The molecule has 4 nitrogen and oxygen atoms in total. The number of rotatable bonds is 5. The standard InChI is InChI=1S/C12H24N2O2/c1-3-6-13(2)9-12(16)14-7-4-11(10-15)5-8-14/h11,15H,3-10H2,1-2H3. The van der Waals surface area contributed by atoms with Crippen LogP contribution < -0.4 is 0 Å². The van der Waals surface area contributed by atoms with Crippen LogP contribution in [-0.4, -0.2) is 60.6 Å². The van der Waals surface area contributed by atoms with Gasteiger partial charge in [0, 0.05) is 19.7 Å². The van der Waals surface area contributed by atoms with Gasteiger partial charge in [0.25, 0.3) is 0 Å². The van der Waals surface area contributed by atoms with E-state index in [0.29, 0.717) is 12.5 Å². The molecule has 0 aromatic heterocycles. The van der Waals surface area contributed by atoms with E-state index >= 15 is 0 Å². The number of amides is 1. The molecule has 1 N–H and O–H groups in total. The summed E-state index contributed by atoms with van der Waals surface area (Å²) in [6.07, 6.45) is 2.97. The van der Waals surface area contributed by atoms with Crippen LogP contribution in [-0.2, 0) is 4.79 Å². The van der Waals surface area contributed by atoms with Crippen LogP contribution in [0.4, 0.5) is 0 Å². The maximum atomic E-state index is 11.9. The predicted molar refractivity (Wildman–Crippen MR) is 64.2 cm³/mol. The minimum Gasteiger partial charge on any atom is -0.396 e. The van der Waals surface area contributed by atoms with E-state index < -0.39 is 0 Å². The third-order valence-electron chi connectivity index (χ3n) is 3.24. The smallest absolute Gasteiger partial charge is 0.236 e. The number of carbonyl (C=O) groups is 1. The van der Waals surface area contributed by atoms with Gasteiger partial charge in [-0.1, -0.05) is 6.92 Å². The third kappa shape index (κ3) is 4.10. The first-order valence-electron chi connectivity index (χ1n) is 6.24. The number of likely N-dealkylation sites (tertiary alicyclic amines) is 1. The Labute approximate surface area is 98.2 Å². The van der Waals surface area contributed by atoms with Gasteiger partial charge in [-0.3, -0.25) is 9.69 Å². The van der Waals surface area contributed by atoms with Crippen molar-refractivity contribution in [2.45, 2.75) is 26.2 Å². The molecular formula is C12H24N2O2. The monoisotopic (exact) mass is 228 g/mol. The molecule has 0 spiro atoms. The number of nitrogens with zero attached hydrogens (tertiary/aromatic N) is 2. The lowest BCUT2D eigenvalue weighted by atomic mass is 9.98. The van der Waals surface area contributed by atoms with Crippen molar-refractivity contribution in [2.75, 3.05) is 39.8 Å². The van der Waals surface area contributed by atoms with Gasteiger partial charge in [0.1, 0.15) is 0 Å². The van der Waals surface area contributed by atoms with Crippen LogP contribution in [0, 0.1) is 5.92 Å². The quantitative estimate of drug-likeness (QED) is 0.748. The molecular weight excluding hydrogens is 204 g/mol. The normalized spacial score (nSPS) is 18.1. The van der Waals surface area contributed by atoms with Crippen molar-refractivity contribution in [2.24, 2.45) is 5.92 Å². The molecule has 4 heteroatoms. The molecule has 0 atom stereocenters. The summed E-state index contributed by atoms with van der Waals surface area (Å²) in [5, 5.41) is 9.02. The second-order valence-corrected chi connectivity index (χ2v) is 4.74. The Kier molecular flexibility index (Phi) is 5.77. The first kappa shape index (κ1) is 13.5. The van der Waals surface area contributed by atoms with E-state index in [1.54, 1.807) is 0 Å². The molecule has 0 bridgehead atoms. The highest BCUT2D eigenvalue weighted by Crippen LogP contribution is 2.16. The van der Waals surface area contributed by atoms with E-state index in [0.717, 1.165) is 38.9 Å². The van der Waals surface area contributed by atoms with Crippen LogP contribution in [0.3, 0.4) is 0 Å². The van der Waals surface area contributed by atoms with Gasteiger partial charge in [-0.25, -0.2) is 0 Å². The fraction of sp³-hybridized carbons (Fsp3) is 0.917. The summed E-state index contributed by atoms with van der Waals surface area (Å²) in [5.74, 6) is 0.629. The fourth-order valence-electron chi connectivity index (χ4n) is 2.16. The number of hydrogen-bond acceptors (Lipinski definition) is 3. The lowest BCUT2D eigenvalue weighted by molar-refractivity contribution is -0.133. The molecule has 1 fully saturated rings. The predicted octanol–water partition coefficient (Wildman–Crippen LogP) is 0.559. The van der Waals surface area contributed by atoms with Crippen molar-refractivity contribution in [1.82, 2.24) is 9.80 Å². The van der Waals surface area contributed by atoms with Crippen molar-refractivity contribution in [3.63, 3.8) is 0 Å². The highest BCUT2D eigenvalue weighted by atomic mass is 16.3. The van der Waals surface area contributed by atoms with Crippen LogP contribution in [0.25, 0.3) is 0 Å². The summed E-state index contributed by atoms with van der Waals surface area (Å²) in [5.41, 5.74) is 0. The maximum absolute atomic E-state index is 11.9. The molecule has 1 aliphatic heterocycles. The second kappa shape index (κ2) is 6.86. The first-order valence-corrected chi connectivity index (χ1v) is 6.24. The molecule has 0 unspecified atom stereocenters. The zero-order valence-corrected chi connectivity index (χ0v) is 10.5. The number of carbonyl (C=O) groups excluding carboxylic acids is 1. The summed E-state index contributed by atoms with van der Waals surface area (Å²) in [6, 6.07) is 0. The van der Waals surface area contributed by atoms with Gasteiger partial charge < -0.3 is 10.0 Å². The van der Waals surface area contributed by atoms with E-state index in [9.17, 15) is 4.79 Å². The fourth-order valence-corrected chi connectivity index (χ4v) is 2.16. The topological polar surface area (TPSA) is 43.8 Å². The van der Waals surface area contributed by atoms with Crippen molar-refractivity contribution in [1.29, 1.82) is 0 Å². The molecule has 0 aromatic rings. The molecule has 0 radical (unpaired) electrons. The Bertz CT molecular complexity index is 213. The largest absolute Gasteiger partial charge is 0.396 e. The van der Waals surface area contributed by atoms with Crippen molar-refractivity contribution in [3.8, 4) is 0 Å². The van der Waals surface area contributed by atoms with E-state index in [1.165, 1.54) is 0 Å². The third-order valence-corrected chi connectivity index (χ3v) is 3.24. The van der Waals surface area contributed by atoms with Gasteiger partial charge in [-0.2, -0.15) is 0 Å². The number of hydrogen-bond donors (Lipinski definition) is 1. The Morgan fingerprint density at radius 2 is 2.06 bits per heavy atom. The Balaban J connectivity index is 2.27. The zero-order valence-electron chi connectivity index (χ0n) is 10.5. The molecule has 1 rings (SSSR count). The van der Waals surface area contributed by atoms with Gasteiger partial charge in [0.15, 0.2) is 0 Å². The summed E-state index contributed by atoms with van der Waals surface area (Å²) >= 11 is 0. The Morgan fingerprint density at radius 1 is 1.44 bits per heavy atom. The van der Waals surface area contributed by atoms with Gasteiger partial charge in [-0.05, 0) is 38.8 Å². The average molecular weight is 228 g/mol. The van der Waals surface area contributed by atoms with Crippen molar-refractivity contribution < 1.29 is 9.90 Å². The second-order valence-electron chi connectivity index (χ2n) is 4.74. The lowest BCUT2D eigenvalue weighted by Crippen LogP contribution is -2.43. The van der Waals surface area contributed by atoms with Crippen LogP contribution in [0.15, 0.2) is 0 Å². The van der Waals surface area contributed by atoms with Crippen LogP contribution in [0.5, 0.6) is 0 Å². The molecule has 1 heterocycles. The number of likely N-dealkylation sites (N-methyl/N-ethyl adjacent to an activating group) is 1. The average Bonchev–Trinajstić information content (AvgIpc) is 2.29. The van der Waals surface area contributed by atoms with Crippen molar-refractivity contribution in [3.05, 3.63) is 0 Å². The maximum Gasteiger partial charge on any atom is 0.236 e. The molecule has 94 valence electrons. The van der Waals surface area contributed by atoms with E-state index in [4.69, 9.17) is 5.11 Å². The molecule has 1 amide bonds. The summed E-state index contributed by atoms with van der Waals surface area (Å²) in [7, 11) is 1.99. The van der Waals surface area contributed by atoms with E-state index in [1.807, 2.05) is 11.9 Å². The Morgan fingerprint density at radius 3 is 2.56 bits per heavy atom. The van der Waals surface area contributed by atoms with Crippen LogP contribution in [0.1, 0.15) is 26.2 Å². The van der Waals surface area contributed by atoms with Crippen LogP contribution >= 0.6 is 0 Å². The molecule has 0 saturated carbocycles. The minimum atomic E-state index is 0.229. The number of piperidine rings is 1. The van der Waals surface area contributed by atoms with Crippen molar-refractivity contribution >= 4 is 5.91 Å². The molecule has 16 heavy (non-hydrogen) atoms. The van der Waals surface area contributed by atoms with Gasteiger partial charge in [0.2, 0.25) is 5.91 Å². The van der Waals surface area contributed by atoms with E-state index in [-0.39, 0.29) is 12.5 Å². The van der Waals surface area contributed by atoms with Gasteiger partial charge in [-0.15, -0.1) is 0 Å². The highest BCUT2D eigenvalue weighted by Gasteiger charge is 2.22. The summed E-state index contributed by atoms with van der Waals surface area (Å²) in [4.78, 5) is 15.9. The van der Waals surface area contributed by atoms with Gasteiger partial charge in [0.05, 0.1) is 6.54 Å². The number of aliphatic hydroxyl groups excluding tert-OH is 1. The first-order chi connectivity index (χ1) is 7.67. The summed E-state index contributed by atoms with van der Waals surface area (Å²) in [6.45, 7) is 5.50. The zero-order chi connectivity index (χ0) is 12.0. The molecule has 1 saturated heterocycles. The molecule has 0 aliphatic carbocycles. The number of aliphatic hydroxyl groups is 1. The molecule has 1 aliphatic rings. The highest BCUT2D eigenvalue weighted by molar-refractivity contribution is 5.78. The lowest BCUT2D eigenvalue weighted by Gasteiger charge is -2.32. The Hall–Kier alpha value is -0.610. The molecule has 0 aromatic carbocycles. The van der Waals surface area contributed by atoms with E-state index in [2.05, 4.69) is 11.8 Å². The summed E-state index contributed by atoms with van der Waals surface area (Å²) < 4.78 is 0. The van der Waals surface area contributed by atoms with Gasteiger partial charge >= 0.3 is 0 Å². The minimum absolute atomic E-state index is 0.229.